The summed E-state index contributed by atoms with van der Waals surface area (Å²) in [5.74, 6) is -0.229. The minimum absolute atomic E-state index is 0.0555. The predicted molar refractivity (Wildman–Crippen MR) is 65.5 cm³/mol. The first-order valence-electron chi connectivity index (χ1n) is 5.79. The van der Waals surface area contributed by atoms with Crippen molar-refractivity contribution in [2.75, 3.05) is 6.54 Å². The standard InChI is InChI=1S/C13H15ClFNO/c1-9(17)16-7-3-4-10(16)8-11-12(14)5-2-6-13(11)15/h2,5-6,10H,3-4,7-8H2,1H3. The van der Waals surface area contributed by atoms with Gasteiger partial charge in [-0.2, -0.15) is 0 Å². The summed E-state index contributed by atoms with van der Waals surface area (Å²) in [6.07, 6.45) is 2.41. The number of hydrogen-bond donors (Lipinski definition) is 0. The van der Waals surface area contributed by atoms with Gasteiger partial charge in [-0.15, -0.1) is 0 Å². The lowest BCUT2D eigenvalue weighted by Crippen LogP contribution is -2.35. The van der Waals surface area contributed by atoms with Crippen molar-refractivity contribution in [3.8, 4) is 0 Å². The van der Waals surface area contributed by atoms with Crippen molar-refractivity contribution in [2.45, 2.75) is 32.2 Å². The Morgan fingerprint density at radius 1 is 1.59 bits per heavy atom. The topological polar surface area (TPSA) is 20.3 Å². The number of carbonyl (C=O) groups excluding carboxylic acids is 1. The van der Waals surface area contributed by atoms with Crippen molar-refractivity contribution in [3.05, 3.63) is 34.6 Å². The van der Waals surface area contributed by atoms with Crippen molar-refractivity contribution in [1.82, 2.24) is 4.90 Å². The Hall–Kier alpha value is -1.09. The average Bonchev–Trinajstić information content (AvgIpc) is 2.72. The van der Waals surface area contributed by atoms with Gasteiger partial charge in [-0.25, -0.2) is 4.39 Å². The Kier molecular flexibility index (Phi) is 3.67. The maximum absolute atomic E-state index is 13.6. The zero-order chi connectivity index (χ0) is 12.4. The molecule has 1 fully saturated rings. The molecule has 1 atom stereocenters. The van der Waals surface area contributed by atoms with E-state index in [1.54, 1.807) is 19.1 Å². The first-order chi connectivity index (χ1) is 8.09. The molecular weight excluding hydrogens is 241 g/mol. The summed E-state index contributed by atoms with van der Waals surface area (Å²) >= 11 is 5.99. The van der Waals surface area contributed by atoms with Gasteiger partial charge in [0, 0.05) is 30.1 Å². The first kappa shape index (κ1) is 12.4. The number of benzene rings is 1. The van der Waals surface area contributed by atoms with E-state index >= 15 is 0 Å². The van der Waals surface area contributed by atoms with Crippen LogP contribution in [0.15, 0.2) is 18.2 Å². The number of nitrogens with zero attached hydrogens (tertiary/aromatic N) is 1. The van der Waals surface area contributed by atoms with Crippen LogP contribution in [-0.4, -0.2) is 23.4 Å². The Morgan fingerprint density at radius 3 is 3.00 bits per heavy atom. The third-order valence-electron chi connectivity index (χ3n) is 3.28. The number of likely N-dealkylation sites (tertiary alicyclic amines) is 1. The fourth-order valence-electron chi connectivity index (χ4n) is 2.43. The Balaban J connectivity index is 2.18. The van der Waals surface area contributed by atoms with E-state index in [1.807, 2.05) is 4.90 Å². The minimum Gasteiger partial charge on any atom is -0.340 e. The van der Waals surface area contributed by atoms with Crippen LogP contribution in [0, 0.1) is 5.82 Å². The molecule has 92 valence electrons. The van der Waals surface area contributed by atoms with Gasteiger partial charge in [0.05, 0.1) is 0 Å². The monoisotopic (exact) mass is 255 g/mol. The van der Waals surface area contributed by atoms with Crippen LogP contribution in [0.2, 0.25) is 5.02 Å². The minimum atomic E-state index is -0.284. The fraction of sp³-hybridized carbons (Fsp3) is 0.462. The van der Waals surface area contributed by atoms with E-state index in [0.717, 1.165) is 19.4 Å². The van der Waals surface area contributed by atoms with Gasteiger partial charge in [0.15, 0.2) is 0 Å². The third-order valence-corrected chi connectivity index (χ3v) is 3.64. The smallest absolute Gasteiger partial charge is 0.219 e. The number of rotatable bonds is 2. The van der Waals surface area contributed by atoms with Crippen LogP contribution in [0.3, 0.4) is 0 Å². The van der Waals surface area contributed by atoms with Gasteiger partial charge in [0.1, 0.15) is 5.82 Å². The van der Waals surface area contributed by atoms with Gasteiger partial charge >= 0.3 is 0 Å². The SMILES string of the molecule is CC(=O)N1CCCC1Cc1c(F)cccc1Cl. The normalized spacial score (nSPS) is 19.7. The first-order valence-corrected chi connectivity index (χ1v) is 6.17. The quantitative estimate of drug-likeness (QED) is 0.796. The summed E-state index contributed by atoms with van der Waals surface area (Å²) in [6.45, 7) is 2.33. The molecule has 2 rings (SSSR count). The van der Waals surface area contributed by atoms with E-state index in [9.17, 15) is 9.18 Å². The Bertz CT molecular complexity index is 415. The molecule has 1 aliphatic heterocycles. The van der Waals surface area contributed by atoms with E-state index in [2.05, 4.69) is 0 Å². The molecule has 17 heavy (non-hydrogen) atoms. The summed E-state index contributed by atoms with van der Waals surface area (Å²) in [7, 11) is 0. The second-order valence-electron chi connectivity index (χ2n) is 4.41. The average molecular weight is 256 g/mol. The maximum Gasteiger partial charge on any atom is 0.219 e. The van der Waals surface area contributed by atoms with Gasteiger partial charge in [0.25, 0.3) is 0 Å². The van der Waals surface area contributed by atoms with Crippen LogP contribution in [0.5, 0.6) is 0 Å². The molecule has 1 aliphatic rings. The highest BCUT2D eigenvalue weighted by Gasteiger charge is 2.27. The molecule has 0 spiro atoms. The molecule has 0 aromatic heterocycles. The van der Waals surface area contributed by atoms with E-state index in [-0.39, 0.29) is 17.8 Å². The van der Waals surface area contributed by atoms with Crippen LogP contribution < -0.4 is 0 Å². The second-order valence-corrected chi connectivity index (χ2v) is 4.82. The fourth-order valence-corrected chi connectivity index (χ4v) is 2.67. The molecule has 1 amide bonds. The zero-order valence-electron chi connectivity index (χ0n) is 9.75. The summed E-state index contributed by atoms with van der Waals surface area (Å²) in [5, 5.41) is 0.445. The van der Waals surface area contributed by atoms with Gasteiger partial charge in [-0.3, -0.25) is 4.79 Å². The van der Waals surface area contributed by atoms with Crippen molar-refractivity contribution in [3.63, 3.8) is 0 Å². The van der Waals surface area contributed by atoms with E-state index < -0.39 is 0 Å². The number of carbonyl (C=O) groups is 1. The Morgan fingerprint density at radius 2 is 2.35 bits per heavy atom. The lowest BCUT2D eigenvalue weighted by molar-refractivity contribution is -0.129. The van der Waals surface area contributed by atoms with Gasteiger partial charge in [-0.05, 0) is 31.4 Å². The molecule has 0 aliphatic carbocycles. The van der Waals surface area contributed by atoms with Crippen molar-refractivity contribution >= 4 is 17.5 Å². The van der Waals surface area contributed by atoms with E-state index in [1.165, 1.54) is 6.07 Å². The van der Waals surface area contributed by atoms with E-state index in [0.29, 0.717) is 17.0 Å². The molecule has 1 aromatic carbocycles. The molecule has 1 aromatic rings. The lowest BCUT2D eigenvalue weighted by Gasteiger charge is -2.23. The van der Waals surface area contributed by atoms with Crippen LogP contribution in [-0.2, 0) is 11.2 Å². The van der Waals surface area contributed by atoms with Crippen LogP contribution in [0.25, 0.3) is 0 Å². The summed E-state index contributed by atoms with van der Waals surface area (Å²) in [6, 6.07) is 4.78. The Labute approximate surface area is 105 Å². The summed E-state index contributed by atoms with van der Waals surface area (Å²) < 4.78 is 13.6. The van der Waals surface area contributed by atoms with Crippen molar-refractivity contribution < 1.29 is 9.18 Å². The van der Waals surface area contributed by atoms with E-state index in [4.69, 9.17) is 11.6 Å². The highest BCUT2D eigenvalue weighted by molar-refractivity contribution is 6.31. The summed E-state index contributed by atoms with van der Waals surface area (Å²) in [4.78, 5) is 13.2. The molecule has 0 bridgehead atoms. The highest BCUT2D eigenvalue weighted by Crippen LogP contribution is 2.26. The highest BCUT2D eigenvalue weighted by atomic mass is 35.5. The molecule has 0 radical (unpaired) electrons. The van der Waals surface area contributed by atoms with Crippen LogP contribution >= 0.6 is 11.6 Å². The van der Waals surface area contributed by atoms with Crippen LogP contribution in [0.4, 0.5) is 4.39 Å². The van der Waals surface area contributed by atoms with Gasteiger partial charge in [0.2, 0.25) is 5.91 Å². The molecule has 2 nitrogen and oxygen atoms in total. The van der Waals surface area contributed by atoms with Crippen LogP contribution in [0.1, 0.15) is 25.3 Å². The maximum atomic E-state index is 13.6. The molecule has 1 unspecified atom stereocenters. The molecular formula is C13H15ClFNO. The molecule has 1 heterocycles. The molecule has 0 N–H and O–H groups in total. The number of halogens is 2. The molecule has 1 saturated heterocycles. The number of amides is 1. The largest absolute Gasteiger partial charge is 0.340 e. The second kappa shape index (κ2) is 5.05. The summed E-state index contributed by atoms with van der Waals surface area (Å²) in [5.41, 5.74) is 0.521. The number of hydrogen-bond acceptors (Lipinski definition) is 1. The molecule has 4 heteroatoms. The predicted octanol–water partition coefficient (Wildman–Crippen LogP) is 3.03. The van der Waals surface area contributed by atoms with Gasteiger partial charge in [-0.1, -0.05) is 17.7 Å². The van der Waals surface area contributed by atoms with Crippen molar-refractivity contribution in [2.24, 2.45) is 0 Å². The third kappa shape index (κ3) is 2.60. The van der Waals surface area contributed by atoms with Crippen molar-refractivity contribution in [1.29, 1.82) is 0 Å². The lowest BCUT2D eigenvalue weighted by atomic mass is 10.0. The molecule has 0 saturated carbocycles. The van der Waals surface area contributed by atoms with Gasteiger partial charge < -0.3 is 4.90 Å². The zero-order valence-corrected chi connectivity index (χ0v) is 10.5.